The number of aromatic nitrogens is 4. The quantitative estimate of drug-likeness (QED) is 0.605. The second-order valence-corrected chi connectivity index (χ2v) is 9.61. The van der Waals surface area contributed by atoms with Crippen LogP contribution in [0, 0.1) is 5.92 Å². The van der Waals surface area contributed by atoms with Gasteiger partial charge in [0.15, 0.2) is 0 Å². The van der Waals surface area contributed by atoms with Crippen molar-refractivity contribution in [3.63, 3.8) is 0 Å². The van der Waals surface area contributed by atoms with Crippen LogP contribution < -0.4 is 5.56 Å². The van der Waals surface area contributed by atoms with Crippen LogP contribution in [0.15, 0.2) is 41.5 Å². The molecule has 0 radical (unpaired) electrons. The highest BCUT2D eigenvalue weighted by Crippen LogP contribution is 2.62. The van der Waals surface area contributed by atoms with Crippen LogP contribution in [0.25, 0.3) is 10.8 Å². The zero-order chi connectivity index (χ0) is 19.7. The lowest BCUT2D eigenvalue weighted by molar-refractivity contribution is -0.0989. The predicted octanol–water partition coefficient (Wildman–Crippen LogP) is 1.70. The van der Waals surface area contributed by atoms with Crippen LogP contribution in [0.2, 0.25) is 0 Å². The first-order valence-corrected chi connectivity index (χ1v) is 11.0. The van der Waals surface area contributed by atoms with Gasteiger partial charge in [-0.2, -0.15) is 8.42 Å². The van der Waals surface area contributed by atoms with E-state index in [-0.39, 0.29) is 11.1 Å². The molecule has 2 heterocycles. The van der Waals surface area contributed by atoms with Gasteiger partial charge in [0.2, 0.25) is 0 Å². The number of hydrogen-bond donors (Lipinski definition) is 0. The zero-order valence-electron chi connectivity index (χ0n) is 15.6. The summed E-state index contributed by atoms with van der Waals surface area (Å²) in [5.74, 6) is 0.782. The lowest BCUT2D eigenvalue weighted by atomic mass is 9.50. The third-order valence-electron chi connectivity index (χ3n) is 5.98. The molecule has 3 saturated carbocycles. The molecule has 9 heteroatoms. The number of benzene rings is 1. The van der Waals surface area contributed by atoms with Crippen molar-refractivity contribution in [2.45, 2.75) is 30.9 Å². The van der Waals surface area contributed by atoms with Crippen LogP contribution in [0.4, 0.5) is 0 Å². The zero-order valence-corrected chi connectivity index (χ0v) is 16.4. The van der Waals surface area contributed by atoms with E-state index in [1.165, 1.54) is 4.57 Å². The maximum absolute atomic E-state index is 12.5. The van der Waals surface area contributed by atoms with Gasteiger partial charge < -0.3 is 4.57 Å². The molecule has 0 spiro atoms. The molecule has 6 rings (SSSR count). The molecule has 1 unspecified atom stereocenters. The van der Waals surface area contributed by atoms with Gasteiger partial charge in [-0.1, -0.05) is 17.3 Å². The molecule has 0 amide bonds. The highest BCUT2D eigenvalue weighted by molar-refractivity contribution is 7.86. The van der Waals surface area contributed by atoms with Gasteiger partial charge in [-0.25, -0.2) is 4.68 Å². The van der Waals surface area contributed by atoms with E-state index in [0.717, 1.165) is 31.4 Å². The lowest BCUT2D eigenvalue weighted by Crippen LogP contribution is -2.59. The molecule has 0 N–H and O–H groups in total. The van der Waals surface area contributed by atoms with Crippen LogP contribution >= 0.6 is 0 Å². The molecule has 28 heavy (non-hydrogen) atoms. The fourth-order valence-electron chi connectivity index (χ4n) is 4.41. The number of pyridine rings is 1. The van der Waals surface area contributed by atoms with Crippen molar-refractivity contribution in [2.75, 3.05) is 6.26 Å². The standard InChI is InChI=1S/C19H20N4O4S/c1-22-7-6-13-14(4-3-5-15(13)18(22)24)17(27-28(2,25)26)16-11-23(21-20-16)19-8-12(9-19)10-19/h3-7,11-12,17H,8-10H2,1-2H3. The third kappa shape index (κ3) is 2.61. The van der Waals surface area contributed by atoms with Crippen molar-refractivity contribution in [3.8, 4) is 0 Å². The number of aryl methyl sites for hydroxylation is 1. The summed E-state index contributed by atoms with van der Waals surface area (Å²) in [5, 5.41) is 9.63. The van der Waals surface area contributed by atoms with Gasteiger partial charge in [-0.3, -0.25) is 8.98 Å². The maximum Gasteiger partial charge on any atom is 0.265 e. The van der Waals surface area contributed by atoms with E-state index in [9.17, 15) is 13.2 Å². The molecule has 1 aromatic carbocycles. The Hall–Kier alpha value is -2.52. The summed E-state index contributed by atoms with van der Waals surface area (Å²) in [7, 11) is -2.10. The largest absolute Gasteiger partial charge is 0.318 e. The van der Waals surface area contributed by atoms with Gasteiger partial charge in [-0.15, -0.1) is 5.10 Å². The van der Waals surface area contributed by atoms with E-state index in [4.69, 9.17) is 4.18 Å². The number of hydrogen-bond acceptors (Lipinski definition) is 6. The molecule has 3 aliphatic rings. The van der Waals surface area contributed by atoms with Gasteiger partial charge in [0.25, 0.3) is 15.7 Å². The fraction of sp³-hybridized carbons (Fsp3) is 0.421. The molecule has 3 fully saturated rings. The Morgan fingerprint density at radius 1 is 1.21 bits per heavy atom. The summed E-state index contributed by atoms with van der Waals surface area (Å²) in [5.41, 5.74) is 0.879. The van der Waals surface area contributed by atoms with Crippen LogP contribution in [0.1, 0.15) is 36.6 Å². The van der Waals surface area contributed by atoms with Crippen LogP contribution in [0.3, 0.4) is 0 Å². The van der Waals surface area contributed by atoms with Crippen molar-refractivity contribution in [1.29, 1.82) is 0 Å². The highest BCUT2D eigenvalue weighted by Gasteiger charge is 2.59. The molecule has 0 aliphatic heterocycles. The Labute approximate surface area is 161 Å². The second-order valence-electron chi connectivity index (χ2n) is 8.01. The molecule has 3 aromatic rings. The molecular weight excluding hydrogens is 380 g/mol. The monoisotopic (exact) mass is 400 g/mol. The third-order valence-corrected chi connectivity index (χ3v) is 6.52. The molecule has 8 nitrogen and oxygen atoms in total. The Bertz CT molecular complexity index is 1240. The van der Waals surface area contributed by atoms with Crippen molar-refractivity contribution in [3.05, 3.63) is 58.3 Å². The lowest BCUT2D eigenvalue weighted by Gasteiger charge is -2.61. The summed E-state index contributed by atoms with van der Waals surface area (Å²) in [6.45, 7) is 0. The maximum atomic E-state index is 12.5. The average Bonchev–Trinajstić information content (AvgIpc) is 3.01. The molecule has 1 atom stereocenters. The van der Waals surface area contributed by atoms with Gasteiger partial charge in [-0.05, 0) is 48.3 Å². The molecule has 2 bridgehead atoms. The van der Waals surface area contributed by atoms with Gasteiger partial charge in [0.1, 0.15) is 11.8 Å². The Kier molecular flexibility index (Phi) is 3.60. The first-order valence-electron chi connectivity index (χ1n) is 9.15. The Morgan fingerprint density at radius 2 is 1.96 bits per heavy atom. The van der Waals surface area contributed by atoms with E-state index < -0.39 is 16.2 Å². The van der Waals surface area contributed by atoms with Crippen LogP contribution in [-0.2, 0) is 26.9 Å². The highest BCUT2D eigenvalue weighted by atomic mass is 32.2. The SMILES string of the molecule is Cn1ccc2c(C(OS(C)(=O)=O)c3cn(C45CC(C4)C5)nn3)cccc2c1=O. The summed E-state index contributed by atoms with van der Waals surface area (Å²) in [6.07, 6.45) is 6.77. The van der Waals surface area contributed by atoms with Gasteiger partial charge >= 0.3 is 0 Å². The second kappa shape index (κ2) is 5.74. The van der Waals surface area contributed by atoms with Crippen LogP contribution in [-0.4, -0.2) is 34.2 Å². The summed E-state index contributed by atoms with van der Waals surface area (Å²) in [4.78, 5) is 12.5. The first kappa shape index (κ1) is 17.6. The summed E-state index contributed by atoms with van der Waals surface area (Å²) in [6, 6.07) is 6.99. The van der Waals surface area contributed by atoms with Crippen LogP contribution in [0.5, 0.6) is 0 Å². The smallest absolute Gasteiger partial charge is 0.265 e. The van der Waals surface area contributed by atoms with E-state index in [2.05, 4.69) is 10.3 Å². The molecular formula is C19H20N4O4S. The molecule has 2 aromatic heterocycles. The fourth-order valence-corrected chi connectivity index (χ4v) is 4.96. The number of nitrogens with zero attached hydrogens (tertiary/aromatic N) is 4. The topological polar surface area (TPSA) is 96.1 Å². The van der Waals surface area contributed by atoms with E-state index in [1.54, 1.807) is 43.7 Å². The average molecular weight is 400 g/mol. The normalized spacial score (nSPS) is 24.6. The minimum absolute atomic E-state index is 0.0419. The predicted molar refractivity (Wildman–Crippen MR) is 102 cm³/mol. The number of fused-ring (bicyclic) bond motifs is 1. The summed E-state index contributed by atoms with van der Waals surface area (Å²) >= 11 is 0. The Morgan fingerprint density at radius 3 is 2.61 bits per heavy atom. The summed E-state index contributed by atoms with van der Waals surface area (Å²) < 4.78 is 32.7. The van der Waals surface area contributed by atoms with E-state index in [0.29, 0.717) is 22.0 Å². The number of rotatable bonds is 5. The van der Waals surface area contributed by atoms with Gasteiger partial charge in [0.05, 0.1) is 18.0 Å². The van der Waals surface area contributed by atoms with Gasteiger partial charge in [0, 0.05) is 18.6 Å². The van der Waals surface area contributed by atoms with Crippen molar-refractivity contribution < 1.29 is 12.6 Å². The van der Waals surface area contributed by atoms with Crippen molar-refractivity contribution in [2.24, 2.45) is 13.0 Å². The minimum atomic E-state index is -3.77. The van der Waals surface area contributed by atoms with Crippen molar-refractivity contribution in [1.82, 2.24) is 19.6 Å². The van der Waals surface area contributed by atoms with E-state index in [1.807, 2.05) is 4.68 Å². The molecule has 3 aliphatic carbocycles. The first-order chi connectivity index (χ1) is 13.3. The molecule has 146 valence electrons. The minimum Gasteiger partial charge on any atom is -0.318 e. The van der Waals surface area contributed by atoms with Crippen molar-refractivity contribution >= 4 is 20.9 Å². The molecule has 0 saturated heterocycles. The van der Waals surface area contributed by atoms with E-state index >= 15 is 0 Å². The Balaban J connectivity index is 1.65.